The van der Waals surface area contributed by atoms with Crippen molar-refractivity contribution in [3.05, 3.63) is 27.6 Å². The third-order valence-electron chi connectivity index (χ3n) is 2.84. The summed E-state index contributed by atoms with van der Waals surface area (Å²) >= 11 is 1.81. The predicted octanol–water partition coefficient (Wildman–Crippen LogP) is 3.17. The molecule has 3 N–H and O–H groups in total. The van der Waals surface area contributed by atoms with E-state index < -0.39 is 0 Å². The van der Waals surface area contributed by atoms with Gasteiger partial charge in [0.15, 0.2) is 0 Å². The van der Waals surface area contributed by atoms with Crippen LogP contribution in [0.15, 0.2) is 12.1 Å². The van der Waals surface area contributed by atoms with E-state index in [1.54, 1.807) is 11.3 Å². The fourth-order valence-corrected chi connectivity index (χ4v) is 2.74. The zero-order chi connectivity index (χ0) is 13.1. The van der Waals surface area contributed by atoms with E-state index in [-0.39, 0.29) is 0 Å². The molecule has 2 heterocycles. The van der Waals surface area contributed by atoms with Crippen LogP contribution >= 0.6 is 11.3 Å². The minimum absolute atomic E-state index is 0.761. The van der Waals surface area contributed by atoms with E-state index in [1.807, 2.05) is 11.6 Å². The van der Waals surface area contributed by atoms with Crippen molar-refractivity contribution in [3.63, 3.8) is 0 Å². The van der Waals surface area contributed by atoms with E-state index in [2.05, 4.69) is 36.4 Å². The van der Waals surface area contributed by atoms with E-state index in [1.165, 1.54) is 9.75 Å². The first-order valence-corrected chi connectivity index (χ1v) is 7.05. The van der Waals surface area contributed by atoms with Crippen molar-refractivity contribution in [2.24, 2.45) is 0 Å². The highest BCUT2D eigenvalue weighted by Gasteiger charge is 2.11. The third-order valence-corrected chi connectivity index (χ3v) is 3.84. The van der Waals surface area contributed by atoms with Crippen molar-refractivity contribution in [1.82, 2.24) is 9.78 Å². The zero-order valence-corrected chi connectivity index (χ0v) is 12.0. The topological polar surface area (TPSA) is 55.9 Å². The van der Waals surface area contributed by atoms with Crippen LogP contribution in [0.5, 0.6) is 0 Å². The van der Waals surface area contributed by atoms with Gasteiger partial charge in [-0.05, 0) is 32.4 Å². The molecule has 2 aromatic heterocycles. The summed E-state index contributed by atoms with van der Waals surface area (Å²) in [5.41, 5.74) is 7.72. The first kappa shape index (κ1) is 13.0. The Bertz CT molecular complexity index is 527. The molecule has 18 heavy (non-hydrogen) atoms. The van der Waals surface area contributed by atoms with Crippen molar-refractivity contribution < 1.29 is 0 Å². The minimum atomic E-state index is 0.761. The number of aromatic nitrogens is 2. The van der Waals surface area contributed by atoms with Gasteiger partial charge in [0.2, 0.25) is 0 Å². The molecule has 0 aliphatic carbocycles. The largest absolute Gasteiger partial charge is 0.394 e. The predicted molar refractivity (Wildman–Crippen MR) is 78.1 cm³/mol. The number of rotatable bonds is 5. The average Bonchev–Trinajstić information content (AvgIpc) is 2.84. The summed E-state index contributed by atoms with van der Waals surface area (Å²) in [7, 11) is 0. The van der Waals surface area contributed by atoms with Crippen LogP contribution in [0, 0.1) is 13.8 Å². The fraction of sp³-hybridized carbons (Fsp3) is 0.462. The second kappa shape index (κ2) is 5.44. The maximum atomic E-state index is 6.06. The lowest BCUT2D eigenvalue weighted by atomic mass is 10.3. The van der Waals surface area contributed by atoms with Crippen LogP contribution in [0.2, 0.25) is 0 Å². The molecule has 0 atom stereocenters. The molecule has 0 spiro atoms. The molecule has 2 rings (SSSR count). The van der Waals surface area contributed by atoms with E-state index >= 15 is 0 Å². The molecule has 98 valence electrons. The molecule has 2 aromatic rings. The van der Waals surface area contributed by atoms with Gasteiger partial charge in [-0.25, -0.2) is 4.68 Å². The van der Waals surface area contributed by atoms with Crippen molar-refractivity contribution in [2.75, 3.05) is 11.1 Å². The summed E-state index contributed by atoms with van der Waals surface area (Å²) < 4.78 is 1.96. The Kier molecular flexibility index (Phi) is 3.91. The second-order valence-electron chi connectivity index (χ2n) is 4.44. The summed E-state index contributed by atoms with van der Waals surface area (Å²) in [6.45, 7) is 7.90. The molecule has 0 bridgehead atoms. The van der Waals surface area contributed by atoms with Crippen LogP contribution in [-0.4, -0.2) is 9.78 Å². The van der Waals surface area contributed by atoms with Gasteiger partial charge < -0.3 is 11.1 Å². The first-order chi connectivity index (χ1) is 8.61. The number of anilines is 2. The SMILES string of the molecule is CCCn1nc(C)c(N)c1NCc1ccc(C)s1. The fourth-order valence-electron chi connectivity index (χ4n) is 1.91. The second-order valence-corrected chi connectivity index (χ2v) is 5.81. The molecular formula is C13H20N4S. The summed E-state index contributed by atoms with van der Waals surface area (Å²) in [6.07, 6.45) is 1.05. The lowest BCUT2D eigenvalue weighted by Crippen LogP contribution is -2.08. The van der Waals surface area contributed by atoms with Crippen LogP contribution in [0.1, 0.15) is 28.8 Å². The smallest absolute Gasteiger partial charge is 0.148 e. The molecule has 5 heteroatoms. The maximum absolute atomic E-state index is 6.06. The van der Waals surface area contributed by atoms with Crippen molar-refractivity contribution in [1.29, 1.82) is 0 Å². The van der Waals surface area contributed by atoms with Gasteiger partial charge >= 0.3 is 0 Å². The molecule has 0 saturated heterocycles. The highest BCUT2D eigenvalue weighted by Crippen LogP contribution is 2.24. The molecule has 0 radical (unpaired) electrons. The van der Waals surface area contributed by atoms with Crippen LogP contribution in [0.4, 0.5) is 11.5 Å². The van der Waals surface area contributed by atoms with E-state index in [0.717, 1.165) is 36.7 Å². The number of nitrogens with two attached hydrogens (primary N) is 1. The number of hydrogen-bond donors (Lipinski definition) is 2. The zero-order valence-electron chi connectivity index (χ0n) is 11.2. The van der Waals surface area contributed by atoms with Gasteiger partial charge in [0.25, 0.3) is 0 Å². The Morgan fingerprint density at radius 1 is 1.39 bits per heavy atom. The van der Waals surface area contributed by atoms with Gasteiger partial charge in [0.1, 0.15) is 5.82 Å². The number of thiophene rings is 1. The Balaban J connectivity index is 2.12. The lowest BCUT2D eigenvalue weighted by molar-refractivity contribution is 0.603. The average molecular weight is 264 g/mol. The van der Waals surface area contributed by atoms with Crippen molar-refractivity contribution in [3.8, 4) is 0 Å². The highest BCUT2D eigenvalue weighted by atomic mass is 32.1. The van der Waals surface area contributed by atoms with Gasteiger partial charge in [0.05, 0.1) is 17.9 Å². The number of nitrogens with zero attached hydrogens (tertiary/aromatic N) is 2. The van der Waals surface area contributed by atoms with Crippen molar-refractivity contribution in [2.45, 2.75) is 40.3 Å². The number of hydrogen-bond acceptors (Lipinski definition) is 4. The van der Waals surface area contributed by atoms with Gasteiger partial charge in [-0.2, -0.15) is 5.10 Å². The van der Waals surface area contributed by atoms with E-state index in [0.29, 0.717) is 0 Å². The molecule has 0 unspecified atom stereocenters. The van der Waals surface area contributed by atoms with Crippen molar-refractivity contribution >= 4 is 22.8 Å². The first-order valence-electron chi connectivity index (χ1n) is 6.24. The number of nitrogen functional groups attached to an aromatic ring is 1. The maximum Gasteiger partial charge on any atom is 0.148 e. The molecule has 0 saturated carbocycles. The van der Waals surface area contributed by atoms with Gasteiger partial charge in [-0.1, -0.05) is 6.92 Å². The van der Waals surface area contributed by atoms with E-state index in [9.17, 15) is 0 Å². The number of aryl methyl sites for hydroxylation is 3. The molecule has 0 aromatic carbocycles. The third kappa shape index (κ3) is 2.67. The highest BCUT2D eigenvalue weighted by molar-refractivity contribution is 7.11. The Labute approximate surface area is 112 Å². The number of nitrogens with one attached hydrogen (secondary N) is 1. The Morgan fingerprint density at radius 2 is 2.17 bits per heavy atom. The molecule has 0 fully saturated rings. The van der Waals surface area contributed by atoms with Gasteiger partial charge in [-0.3, -0.25) is 0 Å². The summed E-state index contributed by atoms with van der Waals surface area (Å²) in [6, 6.07) is 4.29. The summed E-state index contributed by atoms with van der Waals surface area (Å²) in [5, 5.41) is 7.85. The quantitative estimate of drug-likeness (QED) is 0.872. The summed E-state index contributed by atoms with van der Waals surface area (Å²) in [4.78, 5) is 2.65. The van der Waals surface area contributed by atoms with Crippen LogP contribution in [0.3, 0.4) is 0 Å². The van der Waals surface area contributed by atoms with Gasteiger partial charge in [-0.15, -0.1) is 11.3 Å². The molecule has 4 nitrogen and oxygen atoms in total. The standard InChI is InChI=1S/C13H20N4S/c1-4-7-17-13(12(14)10(3)16-17)15-8-11-6-5-9(2)18-11/h5-6,15H,4,7-8,14H2,1-3H3. The van der Waals surface area contributed by atoms with Crippen LogP contribution in [-0.2, 0) is 13.1 Å². The van der Waals surface area contributed by atoms with Gasteiger partial charge in [0, 0.05) is 16.3 Å². The Hall–Kier alpha value is -1.49. The van der Waals surface area contributed by atoms with Crippen LogP contribution in [0.25, 0.3) is 0 Å². The molecule has 0 amide bonds. The minimum Gasteiger partial charge on any atom is -0.394 e. The molecule has 0 aliphatic heterocycles. The molecule has 0 aliphatic rings. The summed E-state index contributed by atoms with van der Waals surface area (Å²) in [5.74, 6) is 0.945. The van der Waals surface area contributed by atoms with E-state index in [4.69, 9.17) is 5.73 Å². The molecular weight excluding hydrogens is 244 g/mol. The normalized spacial score (nSPS) is 10.8. The lowest BCUT2D eigenvalue weighted by Gasteiger charge is -2.09. The Morgan fingerprint density at radius 3 is 2.78 bits per heavy atom. The van der Waals surface area contributed by atoms with Crippen LogP contribution < -0.4 is 11.1 Å². The monoisotopic (exact) mass is 264 g/mol.